The summed E-state index contributed by atoms with van der Waals surface area (Å²) in [6.45, 7) is 5.75. The standard InChI is InChI=1S/C19H20BrFN2O3S/c1-3-10-22-27(25,26)17-7-5-6-14(12-17)19(24)23(4-2)13-15-11-16(20)8-9-18(15)21/h3,5-9,11-12,22H,1,4,10,13H2,2H3. The molecule has 5 nitrogen and oxygen atoms in total. The van der Waals surface area contributed by atoms with Crippen LogP contribution in [0.3, 0.4) is 0 Å². The molecule has 0 atom stereocenters. The van der Waals surface area contributed by atoms with Crippen LogP contribution in [-0.4, -0.2) is 32.3 Å². The van der Waals surface area contributed by atoms with Crippen molar-refractivity contribution < 1.29 is 17.6 Å². The number of rotatable bonds is 8. The highest BCUT2D eigenvalue weighted by molar-refractivity contribution is 9.10. The highest BCUT2D eigenvalue weighted by Crippen LogP contribution is 2.19. The van der Waals surface area contributed by atoms with Gasteiger partial charge in [0.2, 0.25) is 10.0 Å². The largest absolute Gasteiger partial charge is 0.334 e. The predicted octanol–water partition coefficient (Wildman–Crippen LogP) is 3.71. The van der Waals surface area contributed by atoms with Gasteiger partial charge in [0.1, 0.15) is 5.82 Å². The molecule has 0 heterocycles. The van der Waals surface area contributed by atoms with Crippen molar-refractivity contribution in [2.45, 2.75) is 18.4 Å². The van der Waals surface area contributed by atoms with Gasteiger partial charge in [-0.15, -0.1) is 6.58 Å². The number of carbonyl (C=O) groups excluding carboxylic acids is 1. The maximum Gasteiger partial charge on any atom is 0.254 e. The van der Waals surface area contributed by atoms with E-state index >= 15 is 0 Å². The third-order valence-corrected chi connectivity index (χ3v) is 5.76. The Morgan fingerprint density at radius 1 is 1.30 bits per heavy atom. The molecule has 0 aliphatic heterocycles. The first-order valence-corrected chi connectivity index (χ1v) is 10.5. The SMILES string of the molecule is C=CCNS(=O)(=O)c1cccc(C(=O)N(CC)Cc2cc(Br)ccc2F)c1. The van der Waals surface area contributed by atoms with Gasteiger partial charge in [0, 0.05) is 35.2 Å². The van der Waals surface area contributed by atoms with Crippen LogP contribution in [0.15, 0.2) is 64.5 Å². The first-order chi connectivity index (χ1) is 12.8. The Kier molecular flexibility index (Phi) is 7.29. The molecule has 144 valence electrons. The van der Waals surface area contributed by atoms with E-state index in [4.69, 9.17) is 0 Å². The maximum atomic E-state index is 14.0. The number of nitrogens with one attached hydrogen (secondary N) is 1. The molecule has 0 fully saturated rings. The molecular weight excluding hydrogens is 435 g/mol. The van der Waals surface area contributed by atoms with Gasteiger partial charge in [-0.1, -0.05) is 28.1 Å². The third-order valence-electron chi connectivity index (χ3n) is 3.85. The Labute approximate surface area is 167 Å². The summed E-state index contributed by atoms with van der Waals surface area (Å²) < 4.78 is 41.6. The average molecular weight is 455 g/mol. The minimum atomic E-state index is -3.74. The van der Waals surface area contributed by atoms with Crippen molar-refractivity contribution in [3.05, 3.63) is 76.5 Å². The fourth-order valence-corrected chi connectivity index (χ4v) is 3.88. The van der Waals surface area contributed by atoms with E-state index in [9.17, 15) is 17.6 Å². The monoisotopic (exact) mass is 454 g/mol. The van der Waals surface area contributed by atoms with Crippen LogP contribution in [0, 0.1) is 5.82 Å². The Hall–Kier alpha value is -2.03. The van der Waals surface area contributed by atoms with E-state index < -0.39 is 15.8 Å². The van der Waals surface area contributed by atoms with Gasteiger partial charge in [0.15, 0.2) is 0 Å². The number of amides is 1. The Balaban J connectivity index is 2.28. The Morgan fingerprint density at radius 3 is 2.70 bits per heavy atom. The first-order valence-electron chi connectivity index (χ1n) is 8.22. The number of sulfonamides is 1. The summed E-state index contributed by atoms with van der Waals surface area (Å²) in [5.74, 6) is -0.785. The van der Waals surface area contributed by atoms with Crippen molar-refractivity contribution in [3.63, 3.8) is 0 Å². The number of hydrogen-bond acceptors (Lipinski definition) is 3. The molecule has 8 heteroatoms. The molecule has 0 aromatic heterocycles. The van der Waals surface area contributed by atoms with E-state index in [2.05, 4.69) is 27.2 Å². The zero-order chi connectivity index (χ0) is 20.0. The van der Waals surface area contributed by atoms with Crippen LogP contribution in [0.5, 0.6) is 0 Å². The smallest absolute Gasteiger partial charge is 0.254 e. The number of nitrogens with zero attached hydrogens (tertiary/aromatic N) is 1. The van der Waals surface area contributed by atoms with Gasteiger partial charge >= 0.3 is 0 Å². The molecule has 1 N–H and O–H groups in total. The summed E-state index contributed by atoms with van der Waals surface area (Å²) in [4.78, 5) is 14.3. The van der Waals surface area contributed by atoms with Gasteiger partial charge in [0.05, 0.1) is 4.90 Å². The summed E-state index contributed by atoms with van der Waals surface area (Å²) >= 11 is 3.29. The molecule has 2 rings (SSSR count). The normalized spacial score (nSPS) is 11.2. The Bertz CT molecular complexity index is 948. The molecule has 0 aliphatic carbocycles. The molecule has 0 aliphatic rings. The first kappa shape index (κ1) is 21.3. The lowest BCUT2D eigenvalue weighted by Gasteiger charge is -2.22. The molecule has 0 unspecified atom stereocenters. The van der Waals surface area contributed by atoms with Crippen LogP contribution in [0.4, 0.5) is 4.39 Å². The van der Waals surface area contributed by atoms with E-state index in [1.807, 2.05) is 0 Å². The lowest BCUT2D eigenvalue weighted by atomic mass is 10.1. The summed E-state index contributed by atoms with van der Waals surface area (Å²) in [5, 5.41) is 0. The molecule has 2 aromatic carbocycles. The average Bonchev–Trinajstić information content (AvgIpc) is 2.66. The fraction of sp³-hybridized carbons (Fsp3) is 0.211. The third kappa shape index (κ3) is 5.47. The van der Waals surface area contributed by atoms with Crippen LogP contribution < -0.4 is 4.72 Å². The number of carbonyl (C=O) groups is 1. The molecule has 0 radical (unpaired) electrons. The van der Waals surface area contributed by atoms with E-state index in [1.54, 1.807) is 19.1 Å². The minimum absolute atomic E-state index is 0.0140. The van der Waals surface area contributed by atoms with Crippen molar-refractivity contribution in [2.24, 2.45) is 0 Å². The number of hydrogen-bond donors (Lipinski definition) is 1. The van der Waals surface area contributed by atoms with Crippen LogP contribution in [0.25, 0.3) is 0 Å². The van der Waals surface area contributed by atoms with Gasteiger partial charge in [-0.3, -0.25) is 4.79 Å². The second kappa shape index (κ2) is 9.25. The maximum absolute atomic E-state index is 14.0. The molecule has 0 saturated heterocycles. The van der Waals surface area contributed by atoms with Gasteiger partial charge in [-0.2, -0.15) is 0 Å². The van der Waals surface area contributed by atoms with E-state index in [-0.39, 0.29) is 29.5 Å². The molecule has 2 aromatic rings. The Morgan fingerprint density at radius 2 is 2.04 bits per heavy atom. The molecule has 1 amide bonds. The van der Waals surface area contributed by atoms with Crippen LogP contribution >= 0.6 is 15.9 Å². The highest BCUT2D eigenvalue weighted by Gasteiger charge is 2.19. The lowest BCUT2D eigenvalue weighted by Crippen LogP contribution is -2.31. The summed E-state index contributed by atoms with van der Waals surface area (Å²) in [5.41, 5.74) is 0.588. The fourth-order valence-electron chi connectivity index (χ4n) is 2.43. The summed E-state index contributed by atoms with van der Waals surface area (Å²) in [6.07, 6.45) is 1.43. The molecule has 0 saturated carbocycles. The van der Waals surface area contributed by atoms with E-state index in [0.29, 0.717) is 16.6 Å². The van der Waals surface area contributed by atoms with E-state index in [1.165, 1.54) is 41.3 Å². The van der Waals surface area contributed by atoms with E-state index in [0.717, 1.165) is 0 Å². The second-order valence-corrected chi connectivity index (χ2v) is 8.41. The second-order valence-electron chi connectivity index (χ2n) is 5.72. The lowest BCUT2D eigenvalue weighted by molar-refractivity contribution is 0.0751. The number of benzene rings is 2. The van der Waals surface area contributed by atoms with Crippen molar-refractivity contribution in [2.75, 3.05) is 13.1 Å². The molecular formula is C19H20BrFN2O3S. The zero-order valence-electron chi connectivity index (χ0n) is 14.8. The number of halogens is 2. The van der Waals surface area contributed by atoms with Gasteiger partial charge in [-0.25, -0.2) is 17.5 Å². The van der Waals surface area contributed by atoms with Crippen LogP contribution in [0.1, 0.15) is 22.8 Å². The minimum Gasteiger partial charge on any atom is -0.334 e. The van der Waals surface area contributed by atoms with Crippen molar-refractivity contribution in [1.82, 2.24) is 9.62 Å². The van der Waals surface area contributed by atoms with Gasteiger partial charge in [-0.05, 0) is 43.3 Å². The summed E-state index contributed by atoms with van der Waals surface area (Å²) in [7, 11) is -3.74. The van der Waals surface area contributed by atoms with Crippen LogP contribution in [-0.2, 0) is 16.6 Å². The topological polar surface area (TPSA) is 66.5 Å². The predicted molar refractivity (Wildman–Crippen MR) is 106 cm³/mol. The van der Waals surface area contributed by atoms with Crippen molar-refractivity contribution in [1.29, 1.82) is 0 Å². The van der Waals surface area contributed by atoms with Crippen molar-refractivity contribution >= 4 is 31.9 Å². The quantitative estimate of drug-likeness (QED) is 0.618. The zero-order valence-corrected chi connectivity index (χ0v) is 17.2. The highest BCUT2D eigenvalue weighted by atomic mass is 79.9. The summed E-state index contributed by atoms with van der Waals surface area (Å²) in [6, 6.07) is 10.3. The molecule has 0 spiro atoms. The van der Waals surface area contributed by atoms with Gasteiger partial charge < -0.3 is 4.90 Å². The van der Waals surface area contributed by atoms with Gasteiger partial charge in [0.25, 0.3) is 5.91 Å². The molecule has 27 heavy (non-hydrogen) atoms. The molecule has 0 bridgehead atoms. The van der Waals surface area contributed by atoms with Crippen LogP contribution in [0.2, 0.25) is 0 Å². The van der Waals surface area contributed by atoms with Crippen molar-refractivity contribution in [3.8, 4) is 0 Å².